The third-order valence-electron chi connectivity index (χ3n) is 5.31. The van der Waals surface area contributed by atoms with Crippen molar-refractivity contribution in [2.24, 2.45) is 0 Å². The van der Waals surface area contributed by atoms with Crippen molar-refractivity contribution in [2.45, 2.75) is 37.6 Å². The largest absolute Gasteiger partial charge is 0.508 e. The van der Waals surface area contributed by atoms with Crippen molar-refractivity contribution in [3.63, 3.8) is 0 Å². The number of phenols is 2. The zero-order chi connectivity index (χ0) is 24.6. The van der Waals surface area contributed by atoms with Gasteiger partial charge in [-0.2, -0.15) is 0 Å². The van der Waals surface area contributed by atoms with E-state index < -0.39 is 54.5 Å². The van der Waals surface area contributed by atoms with Crippen LogP contribution in [0.5, 0.6) is 17.2 Å². The first-order valence-corrected chi connectivity index (χ1v) is 10.2. The molecule has 0 spiro atoms. The third-order valence-corrected chi connectivity index (χ3v) is 5.31. The van der Waals surface area contributed by atoms with Gasteiger partial charge in [0, 0.05) is 30.7 Å². The van der Waals surface area contributed by atoms with E-state index in [0.717, 1.165) is 13.0 Å². The van der Waals surface area contributed by atoms with Crippen LogP contribution in [0.25, 0.3) is 22.3 Å². The van der Waals surface area contributed by atoms with Crippen LogP contribution in [0.4, 0.5) is 0 Å². The quantitative estimate of drug-likeness (QED) is 0.328. The van der Waals surface area contributed by atoms with Gasteiger partial charge in [-0.1, -0.05) is 0 Å². The Morgan fingerprint density at radius 2 is 1.71 bits per heavy atom. The number of aromatic hydroxyl groups is 2. The molecule has 180 valence electrons. The summed E-state index contributed by atoms with van der Waals surface area (Å²) in [5, 5.41) is 50.3. The van der Waals surface area contributed by atoms with E-state index in [1.807, 2.05) is 0 Å². The van der Waals surface area contributed by atoms with Crippen LogP contribution in [0.15, 0.2) is 51.7 Å². The molecular formula is C23H22O11. The molecule has 0 saturated carbocycles. The minimum atomic E-state index is -1.68. The van der Waals surface area contributed by atoms with E-state index in [2.05, 4.69) is 0 Å². The summed E-state index contributed by atoms with van der Waals surface area (Å²) in [4.78, 5) is 23.7. The second-order valence-electron chi connectivity index (χ2n) is 7.77. The van der Waals surface area contributed by atoms with Crippen LogP contribution in [-0.4, -0.2) is 68.8 Å². The van der Waals surface area contributed by atoms with Crippen LogP contribution in [-0.2, 0) is 14.3 Å². The Kier molecular flexibility index (Phi) is 6.44. The maximum absolute atomic E-state index is 12.6. The molecule has 1 aliphatic rings. The smallest absolute Gasteiger partial charge is 0.302 e. The van der Waals surface area contributed by atoms with Gasteiger partial charge < -0.3 is 44.2 Å². The molecule has 2 heterocycles. The van der Waals surface area contributed by atoms with E-state index in [4.69, 9.17) is 18.6 Å². The van der Waals surface area contributed by atoms with E-state index >= 15 is 0 Å². The first kappa shape index (κ1) is 23.5. The lowest BCUT2D eigenvalue weighted by molar-refractivity contribution is -0.278. The number of esters is 1. The predicted molar refractivity (Wildman–Crippen MR) is 115 cm³/mol. The lowest BCUT2D eigenvalue weighted by atomic mass is 9.99. The fourth-order valence-corrected chi connectivity index (χ4v) is 3.56. The van der Waals surface area contributed by atoms with Gasteiger partial charge >= 0.3 is 5.97 Å². The molecule has 0 radical (unpaired) electrons. The van der Waals surface area contributed by atoms with Gasteiger partial charge in [0.25, 0.3) is 0 Å². The van der Waals surface area contributed by atoms with Crippen molar-refractivity contribution < 1.29 is 49.0 Å². The highest BCUT2D eigenvalue weighted by Gasteiger charge is 2.45. The number of rotatable bonds is 5. The fourth-order valence-electron chi connectivity index (χ4n) is 3.56. The Balaban J connectivity index is 1.65. The van der Waals surface area contributed by atoms with Crippen molar-refractivity contribution in [3.8, 4) is 28.6 Å². The molecule has 2 aromatic carbocycles. The number of hydrogen-bond donors (Lipinski definition) is 5. The number of aliphatic hydroxyl groups excluding tert-OH is 3. The second kappa shape index (κ2) is 9.31. The van der Waals surface area contributed by atoms with Crippen LogP contribution in [0.3, 0.4) is 0 Å². The number of fused-ring (bicyclic) bond motifs is 1. The zero-order valence-corrected chi connectivity index (χ0v) is 17.8. The van der Waals surface area contributed by atoms with Gasteiger partial charge in [-0.25, -0.2) is 0 Å². The average Bonchev–Trinajstić information content (AvgIpc) is 2.78. The molecular weight excluding hydrogens is 452 g/mol. The Morgan fingerprint density at radius 1 is 1.00 bits per heavy atom. The van der Waals surface area contributed by atoms with Crippen LogP contribution in [0.1, 0.15) is 6.92 Å². The number of phenolic OH excluding ortho intramolecular Hbond substituents is 2. The summed E-state index contributed by atoms with van der Waals surface area (Å²) < 4.78 is 21.6. The molecule has 5 atom stereocenters. The summed E-state index contributed by atoms with van der Waals surface area (Å²) in [7, 11) is 0. The van der Waals surface area contributed by atoms with Crippen LogP contribution >= 0.6 is 0 Å². The summed E-state index contributed by atoms with van der Waals surface area (Å²) in [5.74, 6) is -0.961. The van der Waals surface area contributed by atoms with Crippen LogP contribution in [0.2, 0.25) is 0 Å². The van der Waals surface area contributed by atoms with E-state index in [1.54, 1.807) is 12.1 Å². The maximum Gasteiger partial charge on any atom is 0.302 e. The monoisotopic (exact) mass is 474 g/mol. The number of benzene rings is 2. The van der Waals surface area contributed by atoms with Gasteiger partial charge in [0.05, 0.1) is 0 Å². The predicted octanol–water partition coefficient (Wildman–Crippen LogP) is 0.621. The van der Waals surface area contributed by atoms with Crippen LogP contribution < -0.4 is 10.2 Å². The number of carbonyl (C=O) groups is 1. The number of aliphatic hydroxyl groups is 3. The molecule has 2 unspecified atom stereocenters. The Morgan fingerprint density at radius 3 is 2.38 bits per heavy atom. The van der Waals surface area contributed by atoms with Gasteiger partial charge in [0.1, 0.15) is 65.0 Å². The minimum absolute atomic E-state index is 0.0329. The molecule has 11 heteroatoms. The standard InChI is InChI=1S/C23H22O11/c1-10(24)31-9-18-20(28)21(29)22(30)23(34-18)32-13-6-14(26)19-15(27)8-16(33-17(19)7-13)11-2-4-12(25)5-3-11/h2-8,18,20-23,25-26,28-30H,9H2,1H3/t18?,20-,21+,22?,23-/m1/s1. The molecule has 3 aromatic rings. The van der Waals surface area contributed by atoms with Crippen LogP contribution in [0, 0.1) is 0 Å². The van der Waals surface area contributed by atoms with Crippen molar-refractivity contribution in [3.05, 3.63) is 52.7 Å². The van der Waals surface area contributed by atoms with Crippen molar-refractivity contribution in [2.75, 3.05) is 6.61 Å². The lowest BCUT2D eigenvalue weighted by Gasteiger charge is -2.39. The van der Waals surface area contributed by atoms with E-state index in [1.165, 1.54) is 24.3 Å². The van der Waals surface area contributed by atoms with Gasteiger partial charge in [-0.3, -0.25) is 9.59 Å². The molecule has 1 aliphatic heterocycles. The summed E-state index contributed by atoms with van der Waals surface area (Å²) in [5.41, 5.74) is -0.0608. The number of ether oxygens (including phenoxy) is 3. The lowest BCUT2D eigenvalue weighted by Crippen LogP contribution is -2.60. The Bertz CT molecular complexity index is 1250. The van der Waals surface area contributed by atoms with E-state index in [0.29, 0.717) is 5.56 Å². The number of carbonyl (C=O) groups excluding carboxylic acids is 1. The van der Waals surface area contributed by atoms with Crippen molar-refractivity contribution in [1.82, 2.24) is 0 Å². The summed E-state index contributed by atoms with van der Waals surface area (Å²) in [6, 6.07) is 9.52. The van der Waals surface area contributed by atoms with Gasteiger partial charge in [0.2, 0.25) is 6.29 Å². The molecule has 0 bridgehead atoms. The maximum atomic E-state index is 12.6. The highest BCUT2D eigenvalue weighted by molar-refractivity contribution is 5.86. The van der Waals surface area contributed by atoms with Gasteiger partial charge in [-0.05, 0) is 24.3 Å². The highest BCUT2D eigenvalue weighted by atomic mass is 16.7. The average molecular weight is 474 g/mol. The Hall–Kier alpha value is -3.64. The van der Waals surface area contributed by atoms with Crippen molar-refractivity contribution in [1.29, 1.82) is 0 Å². The number of hydrogen-bond acceptors (Lipinski definition) is 11. The molecule has 1 saturated heterocycles. The Labute approximate surface area is 192 Å². The summed E-state index contributed by atoms with van der Waals surface area (Å²) in [6.07, 6.45) is -7.61. The SMILES string of the molecule is CC(=O)OCC1O[C@@H](Oc2cc(O)c3c(=O)cc(-c4ccc(O)cc4)oc3c2)C(O)[C@@H](O)[C@@H]1O. The van der Waals surface area contributed by atoms with E-state index in [-0.39, 0.29) is 28.2 Å². The highest BCUT2D eigenvalue weighted by Crippen LogP contribution is 2.33. The fraction of sp³-hybridized carbons (Fsp3) is 0.304. The molecule has 5 N–H and O–H groups in total. The molecule has 34 heavy (non-hydrogen) atoms. The summed E-state index contributed by atoms with van der Waals surface area (Å²) >= 11 is 0. The molecule has 1 aromatic heterocycles. The molecule has 4 rings (SSSR count). The molecule has 1 fully saturated rings. The minimum Gasteiger partial charge on any atom is -0.508 e. The van der Waals surface area contributed by atoms with Gasteiger partial charge in [0.15, 0.2) is 5.43 Å². The molecule has 0 amide bonds. The second-order valence-corrected chi connectivity index (χ2v) is 7.77. The first-order valence-electron chi connectivity index (χ1n) is 10.2. The summed E-state index contributed by atoms with van der Waals surface area (Å²) in [6.45, 7) is 0.764. The third kappa shape index (κ3) is 4.68. The normalized spacial score (nSPS) is 24.6. The zero-order valence-electron chi connectivity index (χ0n) is 17.8. The molecule has 11 nitrogen and oxygen atoms in total. The van der Waals surface area contributed by atoms with E-state index in [9.17, 15) is 35.1 Å². The van der Waals surface area contributed by atoms with Crippen molar-refractivity contribution >= 4 is 16.9 Å². The van der Waals surface area contributed by atoms with Gasteiger partial charge in [-0.15, -0.1) is 0 Å². The first-order chi connectivity index (χ1) is 16.1. The molecule has 0 aliphatic carbocycles. The topological polar surface area (TPSA) is 176 Å².